The number of nitrogens with zero attached hydrogens (tertiary/aromatic N) is 1. The standard InChI is InChI=1S/Co.HNO2.6H2O/c;2-1-3;;;;;;/h;(H,2,3);6*1H2. The van der Waals surface area contributed by atoms with Crippen LogP contribution in [0.15, 0.2) is 0 Å². The Morgan fingerprint density at radius 1 is 0.900 bits per heavy atom. The quantitative estimate of drug-likeness (QED) is 0.389. The van der Waals surface area contributed by atoms with Crippen molar-refractivity contribution in [2.75, 3.05) is 0 Å². The average molecular weight is 214 g/mol. The van der Waals surface area contributed by atoms with Gasteiger partial charge in [0.05, 0.1) is 0 Å². The fourth-order valence-electron chi connectivity index (χ4n) is 0. The normalized spacial score (nSPS) is 2.60. The second-order valence-electron chi connectivity index (χ2n) is 0.209. The van der Waals surface area contributed by atoms with Crippen LogP contribution in [0.5, 0.6) is 0 Å². The Morgan fingerprint density at radius 2 is 0.900 bits per heavy atom. The summed E-state index contributed by atoms with van der Waals surface area (Å²) < 4.78 is -0.562. The van der Waals surface area contributed by atoms with E-state index >= 15 is 0 Å². The summed E-state index contributed by atoms with van der Waals surface area (Å²) in [5.41, 5.74) is 0. The molecular weight excluding hydrogens is 201 g/mol. The van der Waals surface area contributed by atoms with Crippen LogP contribution < -0.4 is 0 Å². The van der Waals surface area contributed by atoms with Crippen LogP contribution in [0.3, 0.4) is 0 Å². The molecule has 0 heterocycles. The third-order valence-electron chi connectivity index (χ3n) is 0. The van der Waals surface area contributed by atoms with Gasteiger partial charge in [-0.1, -0.05) is 0 Å². The van der Waals surface area contributed by atoms with E-state index in [4.69, 9.17) is 10.1 Å². The number of hydrogen-bond acceptors (Lipinski definition) is 1. The van der Waals surface area contributed by atoms with Crippen molar-refractivity contribution < 1.29 is 58.0 Å². The van der Waals surface area contributed by atoms with Crippen LogP contribution in [-0.2, 0) is 16.0 Å². The van der Waals surface area contributed by atoms with Gasteiger partial charge in [0.15, 0.2) is 0 Å². The zero-order valence-corrected chi connectivity index (χ0v) is 5.68. The van der Waals surface area contributed by atoms with Gasteiger partial charge in [-0.25, -0.2) is 0 Å². The first kappa shape index (κ1) is 102. The van der Waals surface area contributed by atoms with E-state index in [1.165, 1.54) is 0 Å². The molecule has 75 valence electrons. The van der Waals surface area contributed by atoms with E-state index in [1.54, 1.807) is 0 Å². The Labute approximate surface area is 63.8 Å². The van der Waals surface area contributed by atoms with Crippen molar-refractivity contribution in [3.63, 3.8) is 0 Å². The Hall–Kier alpha value is -0.334. The van der Waals surface area contributed by atoms with Crippen LogP contribution in [0, 0.1) is 4.91 Å². The van der Waals surface area contributed by atoms with Crippen LogP contribution in [0.4, 0.5) is 0 Å². The average Bonchev–Trinajstić information content (AvgIpc) is 0.811. The van der Waals surface area contributed by atoms with E-state index in [0.717, 1.165) is 0 Å². The maximum atomic E-state index is 8.78. The molecule has 10 heavy (non-hydrogen) atoms. The predicted octanol–water partition coefficient (Wildman–Crippen LogP) is -5.33. The minimum absolute atomic E-state index is 0. The first-order valence-corrected chi connectivity index (χ1v) is 0.997. The van der Waals surface area contributed by atoms with Crippen LogP contribution in [-0.4, -0.2) is 42.0 Å². The van der Waals surface area contributed by atoms with Gasteiger partial charge in [-0.2, -0.15) is 0 Å². The van der Waals surface area contributed by atoms with Gasteiger partial charge in [0.25, 0.3) is 0 Å². The second-order valence-corrected chi connectivity index (χ2v) is 0.607. The molecule has 13 N–H and O–H groups in total. The molecule has 10 heteroatoms. The monoisotopic (exact) mass is 214 g/mol. The summed E-state index contributed by atoms with van der Waals surface area (Å²) in [6, 6.07) is 0. The van der Waals surface area contributed by atoms with Crippen LogP contribution in [0.25, 0.3) is 0 Å². The van der Waals surface area contributed by atoms with E-state index in [0.29, 0.717) is 0 Å². The van der Waals surface area contributed by atoms with Crippen LogP contribution in [0.2, 0.25) is 0 Å². The Bertz CT molecular complexity index is 32.2. The molecule has 9 nitrogen and oxygen atoms in total. The summed E-state index contributed by atoms with van der Waals surface area (Å²) >= 11 is 2.84. The molecule has 0 aromatic rings. The van der Waals surface area contributed by atoms with Gasteiger partial charge in [-0.05, 0) is 0 Å². The summed E-state index contributed by atoms with van der Waals surface area (Å²) in [6.45, 7) is 0. The van der Waals surface area contributed by atoms with Gasteiger partial charge in [0, 0.05) is 0 Å². The summed E-state index contributed by atoms with van der Waals surface area (Å²) in [5.74, 6) is 0. The summed E-state index contributed by atoms with van der Waals surface area (Å²) in [7, 11) is 0. The van der Waals surface area contributed by atoms with Gasteiger partial charge >= 0.3 is 30.0 Å². The minimum atomic E-state index is -0.562. The molecule has 0 fully saturated rings. The molecule has 0 bridgehead atoms. The van der Waals surface area contributed by atoms with Crippen molar-refractivity contribution in [2.45, 2.75) is 0 Å². The van der Waals surface area contributed by atoms with Crippen molar-refractivity contribution >= 4 is 0 Å². The van der Waals surface area contributed by atoms with Gasteiger partial charge in [-0.15, -0.1) is 0 Å². The van der Waals surface area contributed by atoms with Crippen molar-refractivity contribution in [1.29, 1.82) is 0 Å². The number of hydrogen-bond donors (Lipinski definition) is 1. The molecule has 0 aliphatic rings. The molecule has 0 saturated heterocycles. The van der Waals surface area contributed by atoms with E-state index in [-0.39, 0.29) is 32.9 Å². The summed E-state index contributed by atoms with van der Waals surface area (Å²) in [5, 5.41) is 7.19. The van der Waals surface area contributed by atoms with Crippen LogP contribution in [0.1, 0.15) is 0 Å². The molecule has 0 aliphatic heterocycles. The van der Waals surface area contributed by atoms with E-state index in [1.807, 2.05) is 0 Å². The second kappa shape index (κ2) is 71.6. The predicted molar refractivity (Wildman–Crippen MR) is 27.1 cm³/mol. The molecule has 0 aromatic heterocycles. The molecule has 0 rings (SSSR count). The molecule has 0 aromatic carbocycles. The molecular formula is H13CoNO8. The zero-order valence-electron chi connectivity index (χ0n) is 4.64. The van der Waals surface area contributed by atoms with Gasteiger partial charge in [-0.3, -0.25) is 0 Å². The Kier molecular flexibility index (Phi) is 732. The third kappa shape index (κ3) is 3060. The third-order valence-corrected chi connectivity index (χ3v) is 0. The molecule has 0 spiro atoms. The number of rotatable bonds is 0. The molecule has 0 unspecified atom stereocenters. The van der Waals surface area contributed by atoms with E-state index in [2.05, 4.69) is 16.0 Å². The molecule has 0 amide bonds. The fourth-order valence-corrected chi connectivity index (χ4v) is 0. The van der Waals surface area contributed by atoms with Gasteiger partial charge < -0.3 is 32.9 Å². The van der Waals surface area contributed by atoms with Crippen molar-refractivity contribution in [1.82, 2.24) is 0 Å². The Balaban J connectivity index is -0.00000000300. The van der Waals surface area contributed by atoms with Gasteiger partial charge in [0.2, 0.25) is 0 Å². The summed E-state index contributed by atoms with van der Waals surface area (Å²) in [4.78, 5) is 8.78. The first-order valence-electron chi connectivity index (χ1n) is 0.532. The zero-order chi connectivity index (χ0) is 3.58. The maximum absolute atomic E-state index is 8.78. The van der Waals surface area contributed by atoms with E-state index in [9.17, 15) is 0 Å². The summed E-state index contributed by atoms with van der Waals surface area (Å²) in [6.07, 6.45) is 0. The van der Waals surface area contributed by atoms with Crippen molar-refractivity contribution in [2.24, 2.45) is 0 Å². The molecule has 0 atom stereocenters. The SMILES string of the molecule is O.O.O.O.O.O.O=[N+](O)[Co-]. The molecule has 0 radical (unpaired) electrons. The fraction of sp³-hybridized carbons (Fsp3) is 0. The molecule has 0 aliphatic carbocycles. The Morgan fingerprint density at radius 3 is 0.900 bits per heavy atom. The topological polar surface area (TPSA) is 229 Å². The van der Waals surface area contributed by atoms with Gasteiger partial charge in [0.1, 0.15) is 0 Å². The van der Waals surface area contributed by atoms with E-state index < -0.39 is 3.97 Å². The van der Waals surface area contributed by atoms with Crippen molar-refractivity contribution in [3.8, 4) is 0 Å². The first-order chi connectivity index (χ1) is 1.73. The molecule has 0 saturated carbocycles. The van der Waals surface area contributed by atoms with Crippen LogP contribution >= 0.6 is 0 Å². The van der Waals surface area contributed by atoms with Crippen molar-refractivity contribution in [3.05, 3.63) is 4.91 Å².